The van der Waals surface area contributed by atoms with Crippen molar-refractivity contribution in [2.45, 2.75) is 43.9 Å². The first-order valence-electron chi connectivity index (χ1n) is 9.01. The Labute approximate surface area is 150 Å². The SMILES string of the molecule is Cn1nccc1[C@H]1[C@H](NCc2cnc3cnccn23)CC(=O)N1C1CC1. The lowest BCUT2D eigenvalue weighted by atomic mass is 10.1. The zero-order valence-corrected chi connectivity index (χ0v) is 14.6. The van der Waals surface area contributed by atoms with Crippen molar-refractivity contribution >= 4 is 11.6 Å². The Kier molecular flexibility index (Phi) is 3.53. The second-order valence-corrected chi connectivity index (χ2v) is 7.10. The number of rotatable bonds is 5. The third-order valence-electron chi connectivity index (χ3n) is 5.40. The summed E-state index contributed by atoms with van der Waals surface area (Å²) < 4.78 is 3.90. The molecule has 4 heterocycles. The summed E-state index contributed by atoms with van der Waals surface area (Å²) in [5, 5.41) is 7.92. The highest BCUT2D eigenvalue weighted by molar-refractivity contribution is 5.81. The highest BCUT2D eigenvalue weighted by Crippen LogP contribution is 2.41. The molecule has 0 aromatic carbocycles. The predicted octanol–water partition coefficient (Wildman–Crippen LogP) is 1.06. The fourth-order valence-electron chi connectivity index (χ4n) is 4.01. The van der Waals surface area contributed by atoms with Gasteiger partial charge in [0, 0.05) is 50.7 Å². The average Bonchev–Trinajstić information content (AvgIpc) is 3.11. The Morgan fingerprint density at radius 3 is 2.92 bits per heavy atom. The Hall–Kier alpha value is -2.74. The molecule has 0 unspecified atom stereocenters. The molecule has 2 aliphatic rings. The summed E-state index contributed by atoms with van der Waals surface area (Å²) in [4.78, 5) is 23.2. The Bertz CT molecular complexity index is 957. The van der Waals surface area contributed by atoms with Crippen LogP contribution < -0.4 is 5.32 Å². The number of aromatic nitrogens is 5. The van der Waals surface area contributed by atoms with E-state index < -0.39 is 0 Å². The van der Waals surface area contributed by atoms with Gasteiger partial charge < -0.3 is 10.2 Å². The predicted molar refractivity (Wildman–Crippen MR) is 94.0 cm³/mol. The molecule has 5 rings (SSSR count). The van der Waals surface area contributed by atoms with E-state index in [4.69, 9.17) is 0 Å². The van der Waals surface area contributed by atoms with Crippen LogP contribution in [0, 0.1) is 0 Å². The number of fused-ring (bicyclic) bond motifs is 1. The number of carbonyl (C=O) groups is 1. The van der Waals surface area contributed by atoms with Gasteiger partial charge in [-0.05, 0) is 18.9 Å². The van der Waals surface area contributed by atoms with Crippen molar-refractivity contribution < 1.29 is 4.79 Å². The van der Waals surface area contributed by atoms with Gasteiger partial charge in [-0.25, -0.2) is 4.98 Å². The van der Waals surface area contributed by atoms with Crippen LogP contribution >= 0.6 is 0 Å². The zero-order valence-electron chi connectivity index (χ0n) is 14.6. The van der Waals surface area contributed by atoms with E-state index in [1.54, 1.807) is 18.6 Å². The second-order valence-electron chi connectivity index (χ2n) is 7.10. The first-order chi connectivity index (χ1) is 12.7. The van der Waals surface area contributed by atoms with E-state index in [-0.39, 0.29) is 18.0 Å². The van der Waals surface area contributed by atoms with Gasteiger partial charge in [-0.15, -0.1) is 0 Å². The van der Waals surface area contributed by atoms with Gasteiger partial charge in [0.1, 0.15) is 0 Å². The summed E-state index contributed by atoms with van der Waals surface area (Å²) >= 11 is 0. The molecule has 3 aromatic heterocycles. The van der Waals surface area contributed by atoms with Crippen LogP contribution in [-0.2, 0) is 18.4 Å². The first-order valence-corrected chi connectivity index (χ1v) is 9.01. The lowest BCUT2D eigenvalue weighted by Gasteiger charge is -2.29. The summed E-state index contributed by atoms with van der Waals surface area (Å²) in [6, 6.07) is 2.50. The van der Waals surface area contributed by atoms with Crippen molar-refractivity contribution in [3.8, 4) is 0 Å². The molecule has 3 aromatic rings. The zero-order chi connectivity index (χ0) is 17.7. The van der Waals surface area contributed by atoms with E-state index in [9.17, 15) is 4.79 Å². The Morgan fingerprint density at radius 2 is 2.15 bits per heavy atom. The molecular weight excluding hydrogens is 330 g/mol. The molecule has 1 N–H and O–H groups in total. The van der Waals surface area contributed by atoms with E-state index >= 15 is 0 Å². The van der Waals surface area contributed by atoms with Gasteiger partial charge in [-0.1, -0.05) is 0 Å². The van der Waals surface area contributed by atoms with Gasteiger partial charge in [-0.3, -0.25) is 18.9 Å². The maximum Gasteiger partial charge on any atom is 0.225 e. The van der Waals surface area contributed by atoms with Crippen molar-refractivity contribution in [3.05, 3.63) is 48.4 Å². The van der Waals surface area contributed by atoms with Gasteiger partial charge in [0.2, 0.25) is 5.91 Å². The molecule has 1 aliphatic carbocycles. The second kappa shape index (κ2) is 5.91. The Morgan fingerprint density at radius 1 is 1.27 bits per heavy atom. The van der Waals surface area contributed by atoms with Crippen molar-refractivity contribution in [2.24, 2.45) is 7.05 Å². The number of nitrogens with zero attached hydrogens (tertiary/aromatic N) is 6. The molecule has 8 heteroatoms. The van der Waals surface area contributed by atoms with Gasteiger partial charge in [0.25, 0.3) is 0 Å². The Balaban J connectivity index is 1.41. The van der Waals surface area contributed by atoms with Crippen LogP contribution in [-0.4, -0.2) is 47.0 Å². The number of amides is 1. The van der Waals surface area contributed by atoms with E-state index in [0.29, 0.717) is 19.0 Å². The first kappa shape index (κ1) is 15.5. The largest absolute Gasteiger partial charge is 0.329 e. The third-order valence-corrected chi connectivity index (χ3v) is 5.40. The molecule has 1 amide bonds. The van der Waals surface area contributed by atoms with Gasteiger partial charge >= 0.3 is 0 Å². The lowest BCUT2D eigenvalue weighted by molar-refractivity contribution is -0.129. The van der Waals surface area contributed by atoms with Gasteiger partial charge in [0.05, 0.1) is 29.8 Å². The maximum absolute atomic E-state index is 12.7. The monoisotopic (exact) mass is 351 g/mol. The number of likely N-dealkylation sites (tertiary alicyclic amines) is 1. The van der Waals surface area contributed by atoms with Crippen LogP contribution in [0.3, 0.4) is 0 Å². The smallest absolute Gasteiger partial charge is 0.225 e. The van der Waals surface area contributed by atoms with E-state index in [0.717, 1.165) is 29.9 Å². The quantitative estimate of drug-likeness (QED) is 0.743. The molecular formula is C18H21N7O. The highest BCUT2D eigenvalue weighted by Gasteiger charge is 2.48. The molecule has 8 nitrogen and oxygen atoms in total. The van der Waals surface area contributed by atoms with E-state index in [1.165, 1.54) is 0 Å². The van der Waals surface area contributed by atoms with Gasteiger partial charge in [-0.2, -0.15) is 5.10 Å². The molecule has 0 radical (unpaired) electrons. The van der Waals surface area contributed by atoms with Gasteiger partial charge in [0.15, 0.2) is 5.65 Å². The summed E-state index contributed by atoms with van der Waals surface area (Å²) in [5.41, 5.74) is 2.97. The standard InChI is InChI=1S/C18H21N7O/c1-23-15(4-5-22-23)18-14(8-17(26)25(18)12-2-3-12)20-9-13-10-21-16-11-19-6-7-24(13)16/h4-7,10-12,14,18,20H,2-3,8-9H2,1H3/t14-,18-/m1/s1. The number of nitrogens with one attached hydrogen (secondary N) is 1. The van der Waals surface area contributed by atoms with Crippen LogP contribution in [0.2, 0.25) is 0 Å². The molecule has 26 heavy (non-hydrogen) atoms. The van der Waals surface area contributed by atoms with E-state index in [2.05, 4.69) is 25.3 Å². The summed E-state index contributed by atoms with van der Waals surface area (Å²) in [5.74, 6) is 0.235. The molecule has 0 spiro atoms. The summed E-state index contributed by atoms with van der Waals surface area (Å²) in [6.07, 6.45) is 11.8. The van der Waals surface area contributed by atoms with Crippen molar-refractivity contribution in [3.63, 3.8) is 0 Å². The molecule has 0 bridgehead atoms. The number of hydrogen-bond donors (Lipinski definition) is 1. The van der Waals surface area contributed by atoms with Crippen molar-refractivity contribution in [2.75, 3.05) is 0 Å². The molecule has 1 saturated heterocycles. The number of imidazole rings is 1. The molecule has 2 fully saturated rings. The minimum Gasteiger partial charge on any atom is -0.329 e. The lowest BCUT2D eigenvalue weighted by Crippen LogP contribution is -2.38. The number of carbonyl (C=O) groups excluding carboxylic acids is 1. The van der Waals surface area contributed by atoms with Crippen LogP contribution in [0.25, 0.3) is 5.65 Å². The fraction of sp³-hybridized carbons (Fsp3) is 0.444. The van der Waals surface area contributed by atoms with Crippen molar-refractivity contribution in [1.29, 1.82) is 0 Å². The molecule has 1 aliphatic heterocycles. The average molecular weight is 351 g/mol. The maximum atomic E-state index is 12.7. The number of hydrogen-bond acceptors (Lipinski definition) is 5. The van der Waals surface area contributed by atoms with Crippen LogP contribution in [0.4, 0.5) is 0 Å². The normalized spacial score (nSPS) is 23.3. The fourth-order valence-corrected chi connectivity index (χ4v) is 4.01. The minimum absolute atomic E-state index is 0.0309. The summed E-state index contributed by atoms with van der Waals surface area (Å²) in [6.45, 7) is 0.649. The molecule has 134 valence electrons. The minimum atomic E-state index is 0.0309. The van der Waals surface area contributed by atoms with Crippen LogP contribution in [0.5, 0.6) is 0 Å². The topological polar surface area (TPSA) is 80.4 Å². The third kappa shape index (κ3) is 2.48. The van der Waals surface area contributed by atoms with Crippen LogP contribution in [0.1, 0.15) is 36.7 Å². The summed E-state index contributed by atoms with van der Waals surface area (Å²) in [7, 11) is 1.94. The highest BCUT2D eigenvalue weighted by atomic mass is 16.2. The van der Waals surface area contributed by atoms with E-state index in [1.807, 2.05) is 34.6 Å². The number of aryl methyl sites for hydroxylation is 1. The van der Waals surface area contributed by atoms with Crippen LogP contribution in [0.15, 0.2) is 37.1 Å². The molecule has 1 saturated carbocycles. The molecule has 2 atom stereocenters. The van der Waals surface area contributed by atoms with Crippen molar-refractivity contribution in [1.82, 2.24) is 34.4 Å².